The Morgan fingerprint density at radius 2 is 2.27 bits per heavy atom. The van der Waals surface area contributed by atoms with E-state index < -0.39 is 5.97 Å². The van der Waals surface area contributed by atoms with E-state index in [-0.39, 0.29) is 12.6 Å². The normalized spacial score (nSPS) is 12.1. The highest BCUT2D eigenvalue weighted by molar-refractivity contribution is 5.68. The van der Waals surface area contributed by atoms with Crippen molar-refractivity contribution >= 4 is 5.97 Å². The second-order valence-electron chi connectivity index (χ2n) is 3.10. The summed E-state index contributed by atoms with van der Waals surface area (Å²) < 4.78 is 5.01. The van der Waals surface area contributed by atoms with Gasteiger partial charge in [-0.05, 0) is 17.7 Å². The second kappa shape index (κ2) is 5.33. The highest BCUT2D eigenvalue weighted by atomic mass is 16.5. The van der Waals surface area contributed by atoms with Crippen molar-refractivity contribution in [1.82, 2.24) is 0 Å². The lowest BCUT2D eigenvalue weighted by Gasteiger charge is -2.10. The summed E-state index contributed by atoms with van der Waals surface area (Å²) in [5.74, 6) is -0.526. The summed E-state index contributed by atoms with van der Waals surface area (Å²) in [5.41, 5.74) is 12.0. The van der Waals surface area contributed by atoms with Gasteiger partial charge in [0.25, 0.3) is 0 Å². The molecule has 15 heavy (non-hydrogen) atoms. The standard InChI is InChI=1S/C10H14N2O3/c11-5-9(12)7-2-1-3-8(4-7)15-6-10(13)14/h1-4,9H,5-6,11-12H2,(H,13,14). The van der Waals surface area contributed by atoms with Crippen molar-refractivity contribution in [3.63, 3.8) is 0 Å². The van der Waals surface area contributed by atoms with Gasteiger partial charge in [0.2, 0.25) is 0 Å². The molecular weight excluding hydrogens is 196 g/mol. The number of carbonyl (C=O) groups is 1. The number of carboxylic acids is 1. The Morgan fingerprint density at radius 3 is 2.87 bits per heavy atom. The molecule has 5 heteroatoms. The van der Waals surface area contributed by atoms with Gasteiger partial charge in [-0.15, -0.1) is 0 Å². The predicted molar refractivity (Wildman–Crippen MR) is 55.6 cm³/mol. The minimum atomic E-state index is -1.01. The Bertz CT molecular complexity index is 341. The van der Waals surface area contributed by atoms with Crippen LogP contribution in [0.15, 0.2) is 24.3 Å². The van der Waals surface area contributed by atoms with E-state index >= 15 is 0 Å². The zero-order chi connectivity index (χ0) is 11.3. The molecule has 0 saturated heterocycles. The van der Waals surface area contributed by atoms with Crippen LogP contribution in [0.1, 0.15) is 11.6 Å². The summed E-state index contributed by atoms with van der Waals surface area (Å²) in [6.07, 6.45) is 0. The molecule has 1 rings (SSSR count). The van der Waals surface area contributed by atoms with Gasteiger partial charge in [0, 0.05) is 12.6 Å². The van der Waals surface area contributed by atoms with Crippen LogP contribution in [-0.4, -0.2) is 24.2 Å². The van der Waals surface area contributed by atoms with E-state index in [0.29, 0.717) is 12.3 Å². The third kappa shape index (κ3) is 3.57. The van der Waals surface area contributed by atoms with Crippen LogP contribution >= 0.6 is 0 Å². The smallest absolute Gasteiger partial charge is 0.341 e. The Hall–Kier alpha value is -1.59. The van der Waals surface area contributed by atoms with Gasteiger partial charge < -0.3 is 21.3 Å². The fourth-order valence-electron chi connectivity index (χ4n) is 1.12. The van der Waals surface area contributed by atoms with Gasteiger partial charge in [0.15, 0.2) is 6.61 Å². The van der Waals surface area contributed by atoms with E-state index in [2.05, 4.69) is 0 Å². The van der Waals surface area contributed by atoms with Crippen molar-refractivity contribution in [3.8, 4) is 5.75 Å². The van der Waals surface area contributed by atoms with E-state index in [9.17, 15) is 4.79 Å². The lowest BCUT2D eigenvalue weighted by molar-refractivity contribution is -0.139. The number of benzene rings is 1. The van der Waals surface area contributed by atoms with E-state index in [4.69, 9.17) is 21.3 Å². The monoisotopic (exact) mass is 210 g/mol. The van der Waals surface area contributed by atoms with Crippen molar-refractivity contribution in [1.29, 1.82) is 0 Å². The van der Waals surface area contributed by atoms with Gasteiger partial charge in [0.1, 0.15) is 5.75 Å². The molecule has 0 aromatic heterocycles. The van der Waals surface area contributed by atoms with Gasteiger partial charge in [-0.1, -0.05) is 12.1 Å². The van der Waals surface area contributed by atoms with Crippen LogP contribution in [0.3, 0.4) is 0 Å². The molecule has 0 spiro atoms. The summed E-state index contributed by atoms with van der Waals surface area (Å²) in [6, 6.07) is 6.70. The Labute approximate surface area is 87.6 Å². The van der Waals surface area contributed by atoms with Crippen LogP contribution in [-0.2, 0) is 4.79 Å². The Morgan fingerprint density at radius 1 is 1.53 bits per heavy atom. The van der Waals surface area contributed by atoms with E-state index in [0.717, 1.165) is 5.56 Å². The summed E-state index contributed by atoms with van der Waals surface area (Å²) in [5, 5.41) is 8.43. The fourth-order valence-corrected chi connectivity index (χ4v) is 1.12. The van der Waals surface area contributed by atoms with Gasteiger partial charge in [-0.2, -0.15) is 0 Å². The largest absolute Gasteiger partial charge is 0.482 e. The first-order valence-corrected chi connectivity index (χ1v) is 4.53. The molecule has 0 heterocycles. The van der Waals surface area contributed by atoms with Crippen molar-refractivity contribution < 1.29 is 14.6 Å². The predicted octanol–water partition coefficient (Wildman–Crippen LogP) is 0.108. The van der Waals surface area contributed by atoms with E-state index in [1.165, 1.54) is 0 Å². The molecule has 1 aromatic rings. The fraction of sp³-hybridized carbons (Fsp3) is 0.300. The second-order valence-corrected chi connectivity index (χ2v) is 3.10. The van der Waals surface area contributed by atoms with Gasteiger partial charge in [0.05, 0.1) is 0 Å². The van der Waals surface area contributed by atoms with Crippen LogP contribution in [0.5, 0.6) is 5.75 Å². The number of carboxylic acid groups (broad SMARTS) is 1. The average molecular weight is 210 g/mol. The van der Waals surface area contributed by atoms with E-state index in [1.807, 2.05) is 6.07 Å². The molecule has 1 unspecified atom stereocenters. The maximum Gasteiger partial charge on any atom is 0.341 e. The van der Waals surface area contributed by atoms with Crippen molar-refractivity contribution in [2.45, 2.75) is 6.04 Å². The molecule has 5 N–H and O–H groups in total. The first-order valence-electron chi connectivity index (χ1n) is 4.53. The first-order chi connectivity index (χ1) is 7.13. The lowest BCUT2D eigenvalue weighted by atomic mass is 10.1. The summed E-state index contributed by atoms with van der Waals surface area (Å²) in [7, 11) is 0. The molecule has 82 valence electrons. The minimum Gasteiger partial charge on any atom is -0.482 e. The van der Waals surface area contributed by atoms with Crippen LogP contribution in [0.2, 0.25) is 0 Å². The molecular formula is C10H14N2O3. The highest BCUT2D eigenvalue weighted by Crippen LogP contribution is 2.17. The molecule has 5 nitrogen and oxygen atoms in total. The molecule has 0 radical (unpaired) electrons. The Kier molecular flexibility index (Phi) is 4.08. The number of hydrogen-bond acceptors (Lipinski definition) is 4. The molecule has 0 fully saturated rings. The molecule has 0 saturated carbocycles. The summed E-state index contributed by atoms with van der Waals surface area (Å²) in [4.78, 5) is 10.3. The van der Waals surface area contributed by atoms with Crippen LogP contribution in [0.4, 0.5) is 0 Å². The van der Waals surface area contributed by atoms with Crippen molar-refractivity contribution in [2.75, 3.05) is 13.2 Å². The van der Waals surface area contributed by atoms with Crippen molar-refractivity contribution in [3.05, 3.63) is 29.8 Å². The minimum absolute atomic E-state index is 0.252. The number of aliphatic carboxylic acids is 1. The summed E-state index contributed by atoms with van der Waals surface area (Å²) in [6.45, 7) is -0.0241. The van der Waals surface area contributed by atoms with Crippen LogP contribution in [0.25, 0.3) is 0 Å². The van der Waals surface area contributed by atoms with Crippen molar-refractivity contribution in [2.24, 2.45) is 11.5 Å². The molecule has 0 aliphatic rings. The maximum atomic E-state index is 10.3. The summed E-state index contributed by atoms with van der Waals surface area (Å²) >= 11 is 0. The maximum absolute atomic E-state index is 10.3. The van der Waals surface area contributed by atoms with Gasteiger partial charge >= 0.3 is 5.97 Å². The average Bonchev–Trinajstić information content (AvgIpc) is 2.25. The first kappa shape index (κ1) is 11.5. The highest BCUT2D eigenvalue weighted by Gasteiger charge is 2.05. The quantitative estimate of drug-likeness (QED) is 0.640. The molecule has 0 amide bonds. The zero-order valence-corrected chi connectivity index (χ0v) is 8.22. The third-order valence-corrected chi connectivity index (χ3v) is 1.90. The Balaban J connectivity index is 2.69. The van der Waals surface area contributed by atoms with Crippen LogP contribution in [0, 0.1) is 0 Å². The number of hydrogen-bond donors (Lipinski definition) is 3. The number of ether oxygens (including phenoxy) is 1. The zero-order valence-electron chi connectivity index (χ0n) is 8.22. The topological polar surface area (TPSA) is 98.6 Å². The SMILES string of the molecule is NCC(N)c1cccc(OCC(=O)O)c1. The van der Waals surface area contributed by atoms with Gasteiger partial charge in [-0.25, -0.2) is 4.79 Å². The van der Waals surface area contributed by atoms with Crippen LogP contribution < -0.4 is 16.2 Å². The molecule has 0 bridgehead atoms. The third-order valence-electron chi connectivity index (χ3n) is 1.90. The van der Waals surface area contributed by atoms with Gasteiger partial charge in [-0.3, -0.25) is 0 Å². The number of nitrogens with two attached hydrogens (primary N) is 2. The molecule has 1 atom stereocenters. The molecule has 0 aliphatic carbocycles. The number of rotatable bonds is 5. The molecule has 1 aromatic carbocycles. The molecule has 0 aliphatic heterocycles. The van der Waals surface area contributed by atoms with E-state index in [1.54, 1.807) is 18.2 Å². The lowest BCUT2D eigenvalue weighted by Crippen LogP contribution is -2.20.